The van der Waals surface area contributed by atoms with Gasteiger partial charge in [0.05, 0.1) is 11.8 Å². The molecular weight excluding hydrogens is 371 g/mol. The summed E-state index contributed by atoms with van der Waals surface area (Å²) in [6.07, 6.45) is 4.18. The predicted molar refractivity (Wildman–Crippen MR) is 110 cm³/mol. The summed E-state index contributed by atoms with van der Waals surface area (Å²) in [5, 5.41) is 21.8. The summed E-state index contributed by atoms with van der Waals surface area (Å²) in [5.41, 5.74) is 7.71. The van der Waals surface area contributed by atoms with Crippen molar-refractivity contribution in [1.82, 2.24) is 14.5 Å². The zero-order chi connectivity index (χ0) is 19.1. The third-order valence-corrected chi connectivity index (χ3v) is 6.77. The molecule has 0 aliphatic carbocycles. The highest BCUT2D eigenvalue weighted by Crippen LogP contribution is 2.41. The van der Waals surface area contributed by atoms with Gasteiger partial charge in [-0.05, 0) is 37.7 Å². The number of thioether (sulfide) groups is 1. The maximum atomic E-state index is 10.7. The number of pyridine rings is 1. The van der Waals surface area contributed by atoms with Crippen LogP contribution in [-0.4, -0.2) is 74.6 Å². The number of fused-ring (bicyclic) bond motifs is 1. The molecule has 4 N–H and O–H groups in total. The predicted octanol–water partition coefficient (Wildman–Crippen LogP) is 1.84. The molecule has 3 rings (SSSR count). The van der Waals surface area contributed by atoms with Gasteiger partial charge in [-0.2, -0.15) is 0 Å². The van der Waals surface area contributed by atoms with Crippen molar-refractivity contribution in [3.8, 4) is 0 Å². The summed E-state index contributed by atoms with van der Waals surface area (Å²) in [5.74, 6) is 0.804. The first-order valence-corrected chi connectivity index (χ1v) is 12.7. The van der Waals surface area contributed by atoms with E-state index >= 15 is 0 Å². The lowest BCUT2D eigenvalue weighted by Gasteiger charge is -2.19. The molecule has 0 saturated carbocycles. The van der Waals surface area contributed by atoms with Crippen LogP contribution in [0.5, 0.6) is 0 Å². The molecule has 144 valence electrons. The highest BCUT2D eigenvalue weighted by Gasteiger charge is 2.45. The number of rotatable bonds is 6. The molecule has 0 radical (unpaired) electrons. The first-order chi connectivity index (χ1) is 12.2. The summed E-state index contributed by atoms with van der Waals surface area (Å²) >= 11 is 1.52. The van der Waals surface area contributed by atoms with Crippen molar-refractivity contribution < 1.29 is 14.9 Å². The van der Waals surface area contributed by atoms with E-state index in [9.17, 15) is 10.2 Å². The third-order valence-electron chi connectivity index (χ3n) is 4.46. The number of aromatic nitrogens is 3. The number of nitrogens with two attached hydrogens (primary N) is 1. The Bertz CT molecular complexity index is 837. The normalized spacial score (nSPS) is 26.7. The Morgan fingerprint density at radius 3 is 2.77 bits per heavy atom. The summed E-state index contributed by atoms with van der Waals surface area (Å²) < 4.78 is 7.84. The van der Waals surface area contributed by atoms with Crippen LogP contribution in [0.4, 0.5) is 5.69 Å². The topological polar surface area (TPSA) is 106 Å². The van der Waals surface area contributed by atoms with E-state index in [-0.39, 0.29) is 0 Å². The molecule has 2 unspecified atom stereocenters. The minimum Gasteiger partial charge on any atom is -0.397 e. The van der Waals surface area contributed by atoms with E-state index in [1.165, 1.54) is 11.8 Å². The van der Waals surface area contributed by atoms with E-state index in [1.807, 2.05) is 6.92 Å². The molecule has 0 spiro atoms. The number of imidazole rings is 1. The summed E-state index contributed by atoms with van der Waals surface area (Å²) in [6, 6.07) is 1.70. The van der Waals surface area contributed by atoms with Crippen LogP contribution in [-0.2, 0) is 4.74 Å². The maximum absolute atomic E-state index is 10.7. The van der Waals surface area contributed by atoms with Crippen molar-refractivity contribution in [3.63, 3.8) is 0 Å². The molecule has 9 heteroatoms. The van der Waals surface area contributed by atoms with E-state index in [1.54, 1.807) is 16.8 Å². The number of anilines is 1. The molecule has 2 aromatic rings. The molecule has 0 amide bonds. The second kappa shape index (κ2) is 7.52. The smallest absolute Gasteiger partial charge is 0.172 e. The number of nitrogen functional groups attached to an aromatic ring is 1. The van der Waals surface area contributed by atoms with Crippen LogP contribution in [0.25, 0.3) is 11.2 Å². The van der Waals surface area contributed by atoms with Crippen LogP contribution >= 0.6 is 18.6 Å². The fraction of sp³-hybridized carbons (Fsp3) is 0.588. The first-order valence-electron chi connectivity index (χ1n) is 8.67. The van der Waals surface area contributed by atoms with E-state index in [4.69, 9.17) is 10.5 Å². The first kappa shape index (κ1) is 19.7. The van der Waals surface area contributed by atoms with Crippen molar-refractivity contribution in [2.75, 3.05) is 31.0 Å². The van der Waals surface area contributed by atoms with E-state index in [2.05, 4.69) is 29.6 Å². The fourth-order valence-corrected chi connectivity index (χ4v) is 4.80. The van der Waals surface area contributed by atoms with Gasteiger partial charge < -0.3 is 20.7 Å². The lowest BCUT2D eigenvalue weighted by Crippen LogP contribution is -2.32. The molecule has 26 heavy (non-hydrogen) atoms. The number of ether oxygens (including phenoxy) is 1. The van der Waals surface area contributed by atoms with Gasteiger partial charge in [0.25, 0.3) is 0 Å². The summed E-state index contributed by atoms with van der Waals surface area (Å²) in [6.45, 7) is 5.08. The van der Waals surface area contributed by atoms with Gasteiger partial charge in [-0.3, -0.25) is 4.57 Å². The molecule has 1 saturated heterocycles. The highest BCUT2D eigenvalue weighted by atomic mass is 32.2. The van der Waals surface area contributed by atoms with Crippen molar-refractivity contribution in [2.24, 2.45) is 0 Å². The molecule has 3 heterocycles. The van der Waals surface area contributed by atoms with Gasteiger partial charge in [0.15, 0.2) is 17.0 Å². The van der Waals surface area contributed by atoms with Crippen LogP contribution in [0.3, 0.4) is 0 Å². The fourth-order valence-electron chi connectivity index (χ4n) is 3.11. The molecule has 7 nitrogen and oxygen atoms in total. The van der Waals surface area contributed by atoms with Gasteiger partial charge in [-0.25, -0.2) is 9.97 Å². The Balaban J connectivity index is 1.96. The second-order valence-corrected chi connectivity index (χ2v) is 12.8. The van der Waals surface area contributed by atoms with Crippen molar-refractivity contribution in [2.45, 2.75) is 43.0 Å². The number of aliphatic hydroxyl groups excluding tert-OH is 2. The third kappa shape index (κ3) is 3.80. The van der Waals surface area contributed by atoms with Gasteiger partial charge in [0.2, 0.25) is 0 Å². The van der Waals surface area contributed by atoms with Gasteiger partial charge >= 0.3 is 0 Å². The van der Waals surface area contributed by atoms with Crippen LogP contribution in [0.1, 0.15) is 19.6 Å². The molecule has 1 fully saturated rings. The average Bonchev–Trinajstić information content (AvgIpc) is 3.05. The maximum Gasteiger partial charge on any atom is 0.172 e. The molecular formula is C17H27N4O3PS. The Morgan fingerprint density at radius 2 is 2.12 bits per heavy atom. The summed E-state index contributed by atoms with van der Waals surface area (Å²) in [7, 11) is 0. The number of hydrogen-bond donors (Lipinski definition) is 3. The standard InChI is InChI=1S/C17H27N4O3PS/c1-5-26-17-20-12-10(18)6-8-19-15(12)21(17)16-14(23)13(22)11(24-16)7-9-25(2,3)4/h6,8,11,13-14,16,22-23H,2,5,7,9H2,1,3-4H3,(H2,18,19)/t11?,13-,14-,16?/m1/s1. The lowest BCUT2D eigenvalue weighted by molar-refractivity contribution is -0.0400. The monoisotopic (exact) mass is 398 g/mol. The van der Waals surface area contributed by atoms with Crippen LogP contribution in [0.15, 0.2) is 17.4 Å². The zero-order valence-corrected chi connectivity index (χ0v) is 17.1. The Kier molecular flexibility index (Phi) is 5.70. The largest absolute Gasteiger partial charge is 0.397 e. The number of hydrogen-bond acceptors (Lipinski definition) is 7. The molecule has 4 atom stereocenters. The minimum absolute atomic E-state index is 0.436. The van der Waals surface area contributed by atoms with Gasteiger partial charge in [-0.15, -0.1) is 13.2 Å². The van der Waals surface area contributed by atoms with Gasteiger partial charge in [0, 0.05) is 6.20 Å². The second-order valence-electron chi connectivity index (χ2n) is 7.26. The van der Waals surface area contributed by atoms with Crippen LogP contribution < -0.4 is 5.73 Å². The Hall–Kier alpha value is -1.05. The Morgan fingerprint density at radius 1 is 1.38 bits per heavy atom. The molecule has 2 aromatic heterocycles. The van der Waals surface area contributed by atoms with Crippen molar-refractivity contribution in [1.29, 1.82) is 0 Å². The van der Waals surface area contributed by atoms with E-state index in [0.717, 1.165) is 11.9 Å². The lowest BCUT2D eigenvalue weighted by atomic mass is 10.1. The zero-order valence-electron chi connectivity index (χ0n) is 15.4. The van der Waals surface area contributed by atoms with Gasteiger partial charge in [-0.1, -0.05) is 18.7 Å². The minimum atomic E-state index is -1.23. The Labute approximate surface area is 157 Å². The SMILES string of the molecule is C=P(C)(C)CCC1OC(n2c(SCC)nc3c(N)ccnc32)[C@H](O)[C@@H]1O. The van der Waals surface area contributed by atoms with E-state index < -0.39 is 31.4 Å². The summed E-state index contributed by atoms with van der Waals surface area (Å²) in [4.78, 5) is 8.97. The molecule has 0 aromatic carbocycles. The quantitative estimate of drug-likeness (QED) is 0.504. The number of nitrogens with zero attached hydrogens (tertiary/aromatic N) is 3. The highest BCUT2D eigenvalue weighted by molar-refractivity contribution is 7.99. The van der Waals surface area contributed by atoms with Crippen molar-refractivity contribution in [3.05, 3.63) is 12.3 Å². The molecule has 0 bridgehead atoms. The van der Waals surface area contributed by atoms with Crippen molar-refractivity contribution >= 4 is 41.8 Å². The average molecular weight is 398 g/mol. The van der Waals surface area contributed by atoms with Crippen LogP contribution in [0.2, 0.25) is 0 Å². The molecule has 1 aliphatic heterocycles. The van der Waals surface area contributed by atoms with Crippen LogP contribution in [0, 0.1) is 0 Å². The van der Waals surface area contributed by atoms with Gasteiger partial charge in [0.1, 0.15) is 17.7 Å². The molecule has 1 aliphatic rings. The number of aliphatic hydroxyl groups is 2. The van der Waals surface area contributed by atoms with E-state index in [0.29, 0.717) is 28.4 Å².